The lowest BCUT2D eigenvalue weighted by atomic mass is 9.90. The molecule has 2 heterocycles. The van der Waals surface area contributed by atoms with E-state index >= 15 is 0 Å². The molecule has 0 radical (unpaired) electrons. The van der Waals surface area contributed by atoms with Gasteiger partial charge >= 0.3 is 0 Å². The maximum absolute atomic E-state index is 12.7. The van der Waals surface area contributed by atoms with Crippen LogP contribution < -0.4 is 52.3 Å². The monoisotopic (exact) mass is 987 g/mol. The Labute approximate surface area is 421 Å². The number of hydrogen-bond donors (Lipinski definition) is 6. The number of fused-ring (bicyclic) bond motifs is 2. The van der Waals surface area contributed by atoms with Crippen molar-refractivity contribution < 1.29 is 38.5 Å². The average molecular weight is 987 g/mol. The summed E-state index contributed by atoms with van der Waals surface area (Å²) in [6, 6.07) is 24.9. The predicted molar refractivity (Wildman–Crippen MR) is 280 cm³/mol. The van der Waals surface area contributed by atoms with Crippen molar-refractivity contribution in [3.63, 3.8) is 0 Å². The van der Waals surface area contributed by atoms with Crippen LogP contribution in [0.25, 0.3) is 39.1 Å². The number of hydrogen-bond acceptors (Lipinski definition) is 10. The van der Waals surface area contributed by atoms with Gasteiger partial charge in [0.2, 0.25) is 28.9 Å². The van der Waals surface area contributed by atoms with Gasteiger partial charge in [-0.15, -0.1) is 5.10 Å². The summed E-state index contributed by atoms with van der Waals surface area (Å²) >= 11 is 0. The Morgan fingerprint density at radius 2 is 1.58 bits per heavy atom. The number of carboxylic acids is 1. The molecule has 1 aliphatic carbocycles. The average Bonchev–Trinajstić information content (AvgIpc) is 3.83. The first kappa shape index (κ1) is 56.7. The van der Waals surface area contributed by atoms with Crippen molar-refractivity contribution >= 4 is 52.1 Å². The normalized spacial score (nSPS) is 11.4. The van der Waals surface area contributed by atoms with Gasteiger partial charge in [-0.1, -0.05) is 43.8 Å². The zero-order valence-corrected chi connectivity index (χ0v) is 41.7. The molecule has 72 heavy (non-hydrogen) atoms. The van der Waals surface area contributed by atoms with Crippen molar-refractivity contribution in [1.29, 1.82) is 0 Å². The third-order valence-corrected chi connectivity index (χ3v) is 11.8. The van der Waals surface area contributed by atoms with E-state index in [1.807, 2.05) is 99.3 Å². The number of rotatable bonds is 23. The standard InChI is InChI=1S/C29H45N9O4.C24H22N2O3.CH4/c1-3-26(30)33-19-9-11-25(28(31)41)35-29(42)22-13-15-24(16-14-22)38-20-23(36-37-38)10-5-6-12-27(40)34-18-8-4-7-17-32-21(2)39;1-25(2)15-9-11-19-21(13-15)29-22-14-16(26(3)4)10-12-20(22)23(19)17-7-5-6-8-18(17)24(27)28;/h13-16,20,25H,3-12,17-19H2,1-2H3,(H2,30,33)(H2,31,41)(H,32,39)(H,34,40)(H,35,42);5-14H,1-4H3;1H4/p+1. The maximum atomic E-state index is 12.7. The Hall–Kier alpha value is -7.89. The van der Waals surface area contributed by atoms with Gasteiger partial charge in [-0.3, -0.25) is 29.9 Å². The Balaban J connectivity index is 0.000000327. The number of amides is 4. The summed E-state index contributed by atoms with van der Waals surface area (Å²) in [5, 5.41) is 30.5. The Bertz CT molecular complexity index is 2850. The highest BCUT2D eigenvalue weighted by atomic mass is 16.4. The third-order valence-electron chi connectivity index (χ3n) is 11.8. The zero-order chi connectivity index (χ0) is 51.5. The number of nitrogens with zero attached hydrogens (tertiary/aromatic N) is 5. The quantitative estimate of drug-likeness (QED) is 0.0179. The van der Waals surface area contributed by atoms with E-state index in [4.69, 9.17) is 15.9 Å². The van der Waals surface area contributed by atoms with E-state index in [0.717, 1.165) is 71.0 Å². The van der Waals surface area contributed by atoms with E-state index in [0.29, 0.717) is 80.0 Å². The molecule has 18 heteroatoms. The number of anilines is 1. The fourth-order valence-electron chi connectivity index (χ4n) is 7.70. The molecule has 1 aliphatic heterocycles. The first-order valence-electron chi connectivity index (χ1n) is 24.0. The summed E-state index contributed by atoms with van der Waals surface area (Å²) in [6.07, 6.45) is 9.03. The molecule has 384 valence electrons. The van der Waals surface area contributed by atoms with E-state index < -0.39 is 17.9 Å². The van der Waals surface area contributed by atoms with Crippen LogP contribution in [-0.4, -0.2) is 104 Å². The van der Waals surface area contributed by atoms with Crippen LogP contribution in [-0.2, 0) is 20.8 Å². The van der Waals surface area contributed by atoms with Crippen molar-refractivity contribution in [3.05, 3.63) is 113 Å². The second kappa shape index (κ2) is 28.1. The highest BCUT2D eigenvalue weighted by Crippen LogP contribution is 2.41. The topological polar surface area (TPSA) is 261 Å². The zero-order valence-electron chi connectivity index (χ0n) is 41.7. The lowest BCUT2D eigenvalue weighted by Gasteiger charge is -2.19. The number of benzene rings is 4. The van der Waals surface area contributed by atoms with Crippen LogP contribution in [0.2, 0.25) is 0 Å². The van der Waals surface area contributed by atoms with Gasteiger partial charge in [0.15, 0.2) is 0 Å². The number of nitrogens with one attached hydrogen (secondary N) is 4. The first-order chi connectivity index (χ1) is 34.1. The molecule has 0 spiro atoms. The molecule has 4 amide bonds. The number of carbonyl (C=O) groups excluding carboxylic acids is 5. The number of aromatic nitrogens is 3. The number of aromatic carboxylic acids is 1. The maximum Gasteiger partial charge on any atom is 0.251 e. The molecular weight excluding hydrogens is 915 g/mol. The van der Waals surface area contributed by atoms with E-state index in [2.05, 4.69) is 31.3 Å². The molecule has 1 aromatic heterocycles. The number of primary amides is 1. The molecule has 1 atom stereocenters. The highest BCUT2D eigenvalue weighted by Gasteiger charge is 2.22. The lowest BCUT2D eigenvalue weighted by molar-refractivity contribution is -0.460. The Morgan fingerprint density at radius 3 is 2.25 bits per heavy atom. The summed E-state index contributed by atoms with van der Waals surface area (Å²) in [6.45, 7) is 5.35. The largest absolute Gasteiger partial charge is 0.545 e. The van der Waals surface area contributed by atoms with Gasteiger partial charge in [-0.25, -0.2) is 9.26 Å². The molecule has 18 nitrogen and oxygen atoms in total. The van der Waals surface area contributed by atoms with Gasteiger partial charge < -0.3 is 40.9 Å². The van der Waals surface area contributed by atoms with E-state index in [-0.39, 0.29) is 30.7 Å². The molecule has 0 saturated carbocycles. The molecule has 8 N–H and O–H groups in total. The number of nitrogens with two attached hydrogens (primary N) is 2. The SMILES string of the molecule is C.CCC(N)=[NH+]CCCC(NC(=O)c1ccc(-n2cc(CCCCC(=O)NCCCCCNC(C)=O)nn2)cc1)C(N)=O.CN(C)c1ccc2c(-c3ccccc3C(=O)[O-])c3ccc(=[N+](C)C)cc-3oc2c1. The second-order valence-electron chi connectivity index (χ2n) is 17.6. The van der Waals surface area contributed by atoms with Gasteiger partial charge in [0.25, 0.3) is 5.91 Å². The summed E-state index contributed by atoms with van der Waals surface area (Å²) in [7, 11) is 7.88. The van der Waals surface area contributed by atoms with Gasteiger partial charge in [0.05, 0.1) is 36.2 Å². The van der Waals surface area contributed by atoms with Crippen LogP contribution in [0.5, 0.6) is 0 Å². The van der Waals surface area contributed by atoms with Crippen molar-refractivity contribution in [3.8, 4) is 28.1 Å². The summed E-state index contributed by atoms with van der Waals surface area (Å²) in [5.74, 6) is -0.779. The molecule has 6 rings (SSSR count). The van der Waals surface area contributed by atoms with Gasteiger partial charge in [-0.05, 0) is 99.4 Å². The van der Waals surface area contributed by atoms with Crippen molar-refractivity contribution in [2.24, 2.45) is 11.5 Å². The number of aryl methyl sites for hydroxylation is 1. The smallest absolute Gasteiger partial charge is 0.251 e. The molecular formula is C54H72N11O7+. The Morgan fingerprint density at radius 1 is 0.861 bits per heavy atom. The van der Waals surface area contributed by atoms with Crippen molar-refractivity contribution in [1.82, 2.24) is 35.5 Å². The van der Waals surface area contributed by atoms with E-state index in [1.165, 1.54) is 6.92 Å². The number of carboxylic acid groups (broad SMARTS) is 1. The molecule has 4 aromatic rings. The minimum atomic E-state index is -1.20. The van der Waals surface area contributed by atoms with Gasteiger partial charge in [-0.2, -0.15) is 0 Å². The molecule has 2 aliphatic rings. The lowest BCUT2D eigenvalue weighted by Crippen LogP contribution is -2.75. The number of carbonyl (C=O) groups is 5. The minimum absolute atomic E-state index is 0. The Kier molecular flexibility index (Phi) is 22.1. The third kappa shape index (κ3) is 16.6. The minimum Gasteiger partial charge on any atom is -0.545 e. The summed E-state index contributed by atoms with van der Waals surface area (Å²) in [4.78, 5) is 64.2. The van der Waals surface area contributed by atoms with Crippen LogP contribution in [0.3, 0.4) is 0 Å². The first-order valence-corrected chi connectivity index (χ1v) is 24.0. The van der Waals surface area contributed by atoms with Crippen LogP contribution in [0.15, 0.2) is 95.5 Å². The van der Waals surface area contributed by atoms with Crippen LogP contribution in [0.4, 0.5) is 5.69 Å². The number of amidine groups is 1. The fourth-order valence-corrected chi connectivity index (χ4v) is 7.70. The summed E-state index contributed by atoms with van der Waals surface area (Å²) in [5.41, 5.74) is 17.3. The predicted octanol–water partition coefficient (Wildman–Crippen LogP) is 2.92. The fraction of sp³-hybridized carbons (Fsp3) is 0.389. The summed E-state index contributed by atoms with van der Waals surface area (Å²) < 4.78 is 9.91. The van der Waals surface area contributed by atoms with Gasteiger partial charge in [0, 0.05) is 92.4 Å². The molecule has 1 unspecified atom stereocenters. The molecule has 0 fully saturated rings. The van der Waals surface area contributed by atoms with Crippen molar-refractivity contribution in [2.75, 3.05) is 52.7 Å². The second-order valence-corrected chi connectivity index (χ2v) is 17.6. The van der Waals surface area contributed by atoms with Gasteiger partial charge in [0.1, 0.15) is 31.5 Å². The van der Waals surface area contributed by atoms with Crippen LogP contribution in [0, 0.1) is 0 Å². The molecule has 3 aromatic carbocycles. The van der Waals surface area contributed by atoms with E-state index in [1.54, 1.807) is 41.1 Å². The van der Waals surface area contributed by atoms with Crippen LogP contribution in [0.1, 0.15) is 105 Å². The molecule has 0 bridgehead atoms. The molecule has 0 saturated heterocycles. The van der Waals surface area contributed by atoms with Crippen LogP contribution >= 0.6 is 0 Å². The number of unbranched alkanes of at least 4 members (excludes halogenated alkanes) is 3. The van der Waals surface area contributed by atoms with E-state index in [9.17, 15) is 29.1 Å². The highest BCUT2D eigenvalue weighted by molar-refractivity contribution is 6.07. The van der Waals surface area contributed by atoms with Crippen molar-refractivity contribution in [2.45, 2.75) is 91.5 Å².